The van der Waals surface area contributed by atoms with Crippen molar-refractivity contribution in [3.63, 3.8) is 0 Å². The molecule has 62 valence electrons. The topological polar surface area (TPSA) is 0 Å². The molecule has 0 heterocycles. The minimum absolute atomic E-state index is 1.27. The highest BCUT2D eigenvalue weighted by atomic mass is 14.9. The molecule has 0 N–H and O–H groups in total. The predicted molar refractivity (Wildman–Crippen MR) is 44.1 cm³/mol. The lowest BCUT2D eigenvalue weighted by Gasteiger charge is -2.79. The summed E-state index contributed by atoms with van der Waals surface area (Å²) in [6, 6.07) is 0. The lowest BCUT2D eigenvalue weighted by molar-refractivity contribution is -0.326. The van der Waals surface area contributed by atoms with E-state index in [-0.39, 0.29) is 0 Å². The molecule has 6 unspecified atom stereocenters. The van der Waals surface area contributed by atoms with E-state index in [9.17, 15) is 0 Å². The minimum atomic E-state index is 1.27. The Kier molecular flexibility index (Phi) is 0.450. The van der Waals surface area contributed by atoms with Gasteiger partial charge in [0.1, 0.15) is 0 Å². The van der Waals surface area contributed by atoms with E-state index in [1.54, 1.807) is 12.8 Å². The van der Waals surface area contributed by atoms with Crippen LogP contribution in [0.5, 0.6) is 0 Å². The Bertz CT molecular complexity index is 276. The second-order valence-electron chi connectivity index (χ2n) is 6.59. The van der Waals surface area contributed by atoms with Crippen molar-refractivity contribution >= 4 is 0 Å². The monoisotopic (exact) mass is 158 g/mol. The first kappa shape index (κ1) is 5.02. The summed E-state index contributed by atoms with van der Waals surface area (Å²) < 4.78 is 0. The molecule has 12 heavy (non-hydrogen) atoms. The Morgan fingerprint density at radius 3 is 1.42 bits per heavy atom. The molecule has 0 amide bonds. The third kappa shape index (κ3) is 0.225. The molecular formula is C12H14. The van der Waals surface area contributed by atoms with Crippen molar-refractivity contribution < 1.29 is 0 Å². The first-order chi connectivity index (χ1) is 5.97. The van der Waals surface area contributed by atoms with Crippen LogP contribution in [0.25, 0.3) is 0 Å². The summed E-state index contributed by atoms with van der Waals surface area (Å²) in [7, 11) is 0. The van der Waals surface area contributed by atoms with Gasteiger partial charge in [-0.1, -0.05) is 0 Å². The quantitative estimate of drug-likeness (QED) is 0.473. The lowest BCUT2D eigenvalue weighted by Crippen LogP contribution is -2.76. The van der Waals surface area contributed by atoms with Crippen molar-refractivity contribution in [2.24, 2.45) is 59.2 Å². The normalized spacial score (nSPS) is 94.0. The van der Waals surface area contributed by atoms with Crippen LogP contribution < -0.4 is 0 Å². The van der Waals surface area contributed by atoms with Crippen molar-refractivity contribution in [2.75, 3.05) is 0 Å². The first-order valence-electron chi connectivity index (χ1n) is 5.97. The van der Waals surface area contributed by atoms with Crippen molar-refractivity contribution in [1.82, 2.24) is 0 Å². The molecule has 5 saturated carbocycles. The van der Waals surface area contributed by atoms with Gasteiger partial charge >= 0.3 is 0 Å². The molecule has 5 fully saturated rings. The van der Waals surface area contributed by atoms with Crippen LogP contribution in [0, 0.1) is 59.2 Å². The van der Waals surface area contributed by atoms with E-state index in [4.69, 9.17) is 0 Å². The van der Waals surface area contributed by atoms with Crippen LogP contribution >= 0.6 is 0 Å². The Labute approximate surface area is 72.7 Å². The van der Waals surface area contributed by atoms with Gasteiger partial charge in [0.2, 0.25) is 0 Å². The summed E-state index contributed by atoms with van der Waals surface area (Å²) in [5.74, 6) is 12.9. The highest BCUT2D eigenvalue weighted by Gasteiger charge is 2.86. The van der Waals surface area contributed by atoms with Gasteiger partial charge in [-0.2, -0.15) is 0 Å². The summed E-state index contributed by atoms with van der Waals surface area (Å²) >= 11 is 0. The number of rotatable bonds is 0. The Morgan fingerprint density at radius 1 is 0.417 bits per heavy atom. The van der Waals surface area contributed by atoms with E-state index < -0.39 is 0 Å². The van der Waals surface area contributed by atoms with Crippen LogP contribution in [0.1, 0.15) is 12.8 Å². The van der Waals surface area contributed by atoms with Gasteiger partial charge in [0, 0.05) is 0 Å². The first-order valence-corrected chi connectivity index (χ1v) is 5.97. The maximum atomic E-state index is 1.70. The molecule has 0 spiro atoms. The van der Waals surface area contributed by atoms with Gasteiger partial charge in [-0.3, -0.25) is 0 Å². The molecule has 5 aliphatic carbocycles. The van der Waals surface area contributed by atoms with Gasteiger partial charge in [0.15, 0.2) is 0 Å². The van der Waals surface area contributed by atoms with Gasteiger partial charge in [0.25, 0.3) is 0 Å². The molecule has 0 nitrogen and oxygen atoms in total. The molecule has 0 aromatic heterocycles. The van der Waals surface area contributed by atoms with Crippen LogP contribution in [0.15, 0.2) is 0 Å². The molecule has 5 rings (SSSR count). The van der Waals surface area contributed by atoms with E-state index in [1.165, 1.54) is 59.2 Å². The van der Waals surface area contributed by atoms with E-state index in [2.05, 4.69) is 0 Å². The Balaban J connectivity index is 1.77. The van der Waals surface area contributed by atoms with Crippen molar-refractivity contribution in [3.05, 3.63) is 0 Å². The lowest BCUT2D eigenvalue weighted by atomic mass is 9.25. The number of fused-ring (bicyclic) bond motifs is 13. The number of hydrogen-bond acceptors (Lipinski definition) is 0. The maximum absolute atomic E-state index is 1.70. The molecule has 0 aliphatic heterocycles. The standard InChI is InChI=1S/C12H14/c1-3-4-2-6-7(3)11-9-5(1)8(4)12(9)10(6)11/h3-12H,1-2H2. The van der Waals surface area contributed by atoms with Crippen LogP contribution in [0.2, 0.25) is 0 Å². The summed E-state index contributed by atoms with van der Waals surface area (Å²) in [5.41, 5.74) is 0. The SMILES string of the molecule is C1C2C3CC4C2C2C5C1C3C5C42. The van der Waals surface area contributed by atoms with E-state index in [1.807, 2.05) is 0 Å². The van der Waals surface area contributed by atoms with Crippen LogP contribution in [0.4, 0.5) is 0 Å². The van der Waals surface area contributed by atoms with Gasteiger partial charge in [-0.25, -0.2) is 0 Å². The average molecular weight is 158 g/mol. The van der Waals surface area contributed by atoms with Crippen molar-refractivity contribution in [1.29, 1.82) is 0 Å². The zero-order valence-electron chi connectivity index (χ0n) is 7.19. The van der Waals surface area contributed by atoms with E-state index in [0.29, 0.717) is 0 Å². The third-order valence-corrected chi connectivity index (χ3v) is 7.27. The largest absolute Gasteiger partial charge is 0.0465 e. The summed E-state index contributed by atoms with van der Waals surface area (Å²) in [6.45, 7) is 0. The molecule has 0 aromatic rings. The van der Waals surface area contributed by atoms with Crippen LogP contribution in [0.3, 0.4) is 0 Å². The van der Waals surface area contributed by atoms with Crippen LogP contribution in [-0.4, -0.2) is 0 Å². The predicted octanol–water partition coefficient (Wildman–Crippen LogP) is 2.01. The summed E-state index contributed by atoms with van der Waals surface area (Å²) in [6.07, 6.45) is 3.39. The molecule has 6 atom stereocenters. The smallest absolute Gasteiger partial charge is 0.0312 e. The second-order valence-corrected chi connectivity index (χ2v) is 6.59. The van der Waals surface area contributed by atoms with Gasteiger partial charge in [-0.05, 0) is 72.0 Å². The molecular weight excluding hydrogens is 144 g/mol. The van der Waals surface area contributed by atoms with Gasteiger partial charge < -0.3 is 0 Å². The highest BCUT2D eigenvalue weighted by molar-refractivity contribution is 5.33. The zero-order chi connectivity index (χ0) is 7.19. The van der Waals surface area contributed by atoms with E-state index >= 15 is 0 Å². The molecule has 0 aromatic carbocycles. The van der Waals surface area contributed by atoms with Crippen LogP contribution in [-0.2, 0) is 0 Å². The van der Waals surface area contributed by atoms with Crippen molar-refractivity contribution in [3.8, 4) is 0 Å². The van der Waals surface area contributed by atoms with Gasteiger partial charge in [0.05, 0.1) is 0 Å². The number of hydrogen-bond donors (Lipinski definition) is 0. The van der Waals surface area contributed by atoms with Crippen molar-refractivity contribution in [2.45, 2.75) is 12.8 Å². The maximum Gasteiger partial charge on any atom is -0.0312 e. The van der Waals surface area contributed by atoms with Gasteiger partial charge in [-0.15, -0.1) is 0 Å². The second kappa shape index (κ2) is 1.07. The summed E-state index contributed by atoms with van der Waals surface area (Å²) in [4.78, 5) is 0. The fourth-order valence-electron chi connectivity index (χ4n) is 7.54. The fourth-order valence-corrected chi connectivity index (χ4v) is 7.54. The molecule has 0 saturated heterocycles. The Morgan fingerprint density at radius 2 is 0.917 bits per heavy atom. The zero-order valence-corrected chi connectivity index (χ0v) is 7.19. The minimum Gasteiger partial charge on any atom is -0.0465 e. The molecule has 0 radical (unpaired) electrons. The Hall–Kier alpha value is 0. The average Bonchev–Trinajstić information content (AvgIpc) is 2.29. The molecule has 0 bridgehead atoms. The molecule has 5 aliphatic rings. The fraction of sp³-hybridized carbons (Fsp3) is 1.00. The molecule has 0 heteroatoms. The third-order valence-electron chi connectivity index (χ3n) is 7.27. The highest BCUT2D eigenvalue weighted by Crippen LogP contribution is 2.91. The summed E-state index contributed by atoms with van der Waals surface area (Å²) in [5, 5.41) is 0. The van der Waals surface area contributed by atoms with E-state index in [0.717, 1.165) is 0 Å².